The van der Waals surface area contributed by atoms with Gasteiger partial charge in [0.05, 0.1) is 16.6 Å². The minimum absolute atomic E-state index is 0.551. The predicted octanol–water partition coefficient (Wildman–Crippen LogP) is 11.0. The molecule has 3 aromatic heterocycles. The van der Waals surface area contributed by atoms with E-state index in [4.69, 9.17) is 19.4 Å². The highest BCUT2D eigenvalue weighted by Gasteiger charge is 2.21. The predicted molar refractivity (Wildman–Crippen MR) is 195 cm³/mol. The lowest BCUT2D eigenvalue weighted by Gasteiger charge is -2.12. The summed E-state index contributed by atoms with van der Waals surface area (Å²) in [5, 5.41) is 6.74. The van der Waals surface area contributed by atoms with E-state index < -0.39 is 0 Å². The van der Waals surface area contributed by atoms with E-state index in [0.29, 0.717) is 17.6 Å². The number of fused-ring (bicyclic) bond motifs is 7. The molecule has 0 saturated carbocycles. The molecule has 0 aliphatic rings. The summed E-state index contributed by atoms with van der Waals surface area (Å²) in [7, 11) is 0. The minimum Gasteiger partial charge on any atom is -0.455 e. The van der Waals surface area contributed by atoms with Gasteiger partial charge in [0.2, 0.25) is 5.95 Å². The van der Waals surface area contributed by atoms with Crippen LogP contribution in [0.3, 0.4) is 0 Å². The van der Waals surface area contributed by atoms with Gasteiger partial charge in [-0.15, -0.1) is 0 Å². The summed E-state index contributed by atoms with van der Waals surface area (Å²) in [6.07, 6.45) is 0. The number of nitrogens with zero attached hydrogens (tertiary/aromatic N) is 4. The summed E-state index contributed by atoms with van der Waals surface area (Å²) in [6.45, 7) is 0. The Labute approximate surface area is 275 Å². The zero-order valence-corrected chi connectivity index (χ0v) is 25.7. The number of hydrogen-bond donors (Lipinski definition) is 0. The maximum absolute atomic E-state index is 6.47. The summed E-state index contributed by atoms with van der Waals surface area (Å²) < 4.78 is 8.64. The van der Waals surface area contributed by atoms with Gasteiger partial charge in [0.1, 0.15) is 11.2 Å². The molecule has 7 aromatic carbocycles. The molecule has 0 bridgehead atoms. The van der Waals surface area contributed by atoms with Crippen LogP contribution in [0.15, 0.2) is 162 Å². The van der Waals surface area contributed by atoms with Crippen LogP contribution in [-0.2, 0) is 0 Å². The summed E-state index contributed by atoms with van der Waals surface area (Å²) in [5.41, 5.74) is 7.62. The largest absolute Gasteiger partial charge is 0.455 e. The van der Waals surface area contributed by atoms with Crippen LogP contribution in [0.5, 0.6) is 0 Å². The molecule has 0 saturated heterocycles. The Balaban J connectivity index is 1.28. The maximum atomic E-state index is 6.47. The molecule has 0 fully saturated rings. The van der Waals surface area contributed by atoms with Gasteiger partial charge in [-0.3, -0.25) is 4.57 Å². The van der Waals surface area contributed by atoms with E-state index in [9.17, 15) is 0 Å². The van der Waals surface area contributed by atoms with Crippen LogP contribution >= 0.6 is 0 Å². The van der Waals surface area contributed by atoms with Crippen molar-refractivity contribution in [2.45, 2.75) is 0 Å². The van der Waals surface area contributed by atoms with Crippen LogP contribution in [0.2, 0.25) is 0 Å². The Morgan fingerprint density at radius 1 is 0.417 bits per heavy atom. The minimum atomic E-state index is 0.551. The molecule has 48 heavy (non-hydrogen) atoms. The van der Waals surface area contributed by atoms with Gasteiger partial charge in [-0.2, -0.15) is 9.97 Å². The molecular weight excluding hydrogens is 589 g/mol. The van der Waals surface area contributed by atoms with Gasteiger partial charge in [-0.05, 0) is 58.3 Å². The van der Waals surface area contributed by atoms with Crippen LogP contribution in [-0.4, -0.2) is 19.5 Å². The van der Waals surface area contributed by atoms with Crippen LogP contribution in [0, 0.1) is 0 Å². The molecule has 0 spiro atoms. The van der Waals surface area contributed by atoms with Gasteiger partial charge < -0.3 is 4.42 Å². The highest BCUT2D eigenvalue weighted by molar-refractivity contribution is 6.13. The summed E-state index contributed by atoms with van der Waals surface area (Å²) in [5.74, 6) is 1.69. The van der Waals surface area contributed by atoms with Crippen LogP contribution < -0.4 is 0 Å². The van der Waals surface area contributed by atoms with E-state index in [0.717, 1.165) is 71.4 Å². The molecule has 0 atom stereocenters. The second-order valence-electron chi connectivity index (χ2n) is 12.1. The van der Waals surface area contributed by atoms with Crippen molar-refractivity contribution in [3.8, 4) is 39.9 Å². The van der Waals surface area contributed by atoms with E-state index in [-0.39, 0.29) is 0 Å². The van der Waals surface area contributed by atoms with E-state index in [1.165, 1.54) is 5.39 Å². The van der Waals surface area contributed by atoms with Crippen molar-refractivity contribution in [3.63, 3.8) is 0 Å². The topological polar surface area (TPSA) is 56.7 Å². The van der Waals surface area contributed by atoms with Crippen molar-refractivity contribution >= 4 is 54.5 Å². The number of para-hydroxylation sites is 3. The number of furan rings is 1. The van der Waals surface area contributed by atoms with Crippen molar-refractivity contribution < 1.29 is 4.42 Å². The molecule has 0 unspecified atom stereocenters. The molecule has 5 nitrogen and oxygen atoms in total. The van der Waals surface area contributed by atoms with Gasteiger partial charge in [-0.1, -0.05) is 121 Å². The molecule has 224 valence electrons. The Hall–Kier alpha value is -6.59. The molecule has 0 aliphatic heterocycles. The van der Waals surface area contributed by atoms with Gasteiger partial charge in [0, 0.05) is 27.1 Å². The fraction of sp³-hybridized carbons (Fsp3) is 0. The Kier molecular flexibility index (Phi) is 5.81. The molecule has 0 N–H and O–H groups in total. The number of aromatic nitrogens is 4. The van der Waals surface area contributed by atoms with Crippen LogP contribution in [0.25, 0.3) is 94.4 Å². The standard InChI is InChI=1S/C43H26N4O/c1-2-12-27(13-3-1)28-16-10-17-31(24-28)41-44-42(35-21-11-20-34-33-19-7-9-23-39(33)48-40(34)35)46-43(45-41)47-37-22-8-6-18-32(37)36-25-29-14-4-5-15-30(29)26-38(36)47/h1-26H. The monoisotopic (exact) mass is 614 g/mol. The third-order valence-electron chi connectivity index (χ3n) is 9.24. The average Bonchev–Trinajstić information content (AvgIpc) is 3.69. The zero-order chi connectivity index (χ0) is 31.6. The van der Waals surface area contributed by atoms with Crippen LogP contribution in [0.1, 0.15) is 0 Å². The summed E-state index contributed by atoms with van der Waals surface area (Å²) >= 11 is 0. The molecule has 0 radical (unpaired) electrons. The van der Waals surface area contributed by atoms with Crippen molar-refractivity contribution in [2.24, 2.45) is 0 Å². The van der Waals surface area contributed by atoms with Gasteiger partial charge in [-0.25, -0.2) is 4.98 Å². The normalized spacial score (nSPS) is 11.8. The first kappa shape index (κ1) is 26.6. The first-order valence-corrected chi connectivity index (χ1v) is 16.0. The molecule has 10 rings (SSSR count). The SMILES string of the molecule is c1ccc(-c2cccc(-c3nc(-c4cccc5c4oc4ccccc45)nc(-n4c5ccccc5c5cc6ccccc6cc54)n3)c2)cc1. The first-order valence-electron chi connectivity index (χ1n) is 16.0. The number of benzene rings is 7. The van der Waals surface area contributed by atoms with E-state index in [1.807, 2.05) is 36.4 Å². The van der Waals surface area contributed by atoms with Crippen molar-refractivity contribution in [2.75, 3.05) is 0 Å². The highest BCUT2D eigenvalue weighted by Crippen LogP contribution is 2.38. The summed E-state index contributed by atoms with van der Waals surface area (Å²) in [6, 6.07) is 54.5. The summed E-state index contributed by atoms with van der Waals surface area (Å²) in [4.78, 5) is 15.6. The molecule has 0 amide bonds. The number of rotatable bonds is 4. The third-order valence-corrected chi connectivity index (χ3v) is 9.24. The van der Waals surface area contributed by atoms with E-state index in [2.05, 4.69) is 126 Å². The molecule has 5 heteroatoms. The third kappa shape index (κ3) is 4.15. The fourth-order valence-electron chi connectivity index (χ4n) is 6.98. The average molecular weight is 615 g/mol. The van der Waals surface area contributed by atoms with Crippen molar-refractivity contribution in [1.29, 1.82) is 0 Å². The van der Waals surface area contributed by atoms with Crippen molar-refractivity contribution in [3.05, 3.63) is 158 Å². The zero-order valence-electron chi connectivity index (χ0n) is 25.7. The van der Waals surface area contributed by atoms with Gasteiger partial charge in [0.15, 0.2) is 11.6 Å². The van der Waals surface area contributed by atoms with Gasteiger partial charge >= 0.3 is 0 Å². The van der Waals surface area contributed by atoms with E-state index >= 15 is 0 Å². The van der Waals surface area contributed by atoms with Crippen molar-refractivity contribution in [1.82, 2.24) is 19.5 Å². The smallest absolute Gasteiger partial charge is 0.238 e. The molecular formula is C43H26N4O. The Morgan fingerprint density at radius 3 is 1.98 bits per heavy atom. The number of hydrogen-bond acceptors (Lipinski definition) is 4. The first-order chi connectivity index (χ1) is 23.8. The Morgan fingerprint density at radius 2 is 1.08 bits per heavy atom. The lowest BCUT2D eigenvalue weighted by molar-refractivity contribution is 0.669. The second-order valence-corrected chi connectivity index (χ2v) is 12.1. The maximum Gasteiger partial charge on any atom is 0.238 e. The lowest BCUT2D eigenvalue weighted by Crippen LogP contribution is -2.06. The lowest BCUT2D eigenvalue weighted by atomic mass is 10.0. The fourth-order valence-corrected chi connectivity index (χ4v) is 6.98. The Bertz CT molecular complexity index is 2850. The second kappa shape index (κ2) is 10.5. The quantitative estimate of drug-likeness (QED) is 0.198. The van der Waals surface area contributed by atoms with Gasteiger partial charge in [0.25, 0.3) is 0 Å². The molecule has 3 heterocycles. The van der Waals surface area contributed by atoms with Crippen LogP contribution in [0.4, 0.5) is 0 Å². The van der Waals surface area contributed by atoms with E-state index in [1.54, 1.807) is 0 Å². The molecule has 10 aromatic rings. The highest BCUT2D eigenvalue weighted by atomic mass is 16.3. The molecule has 0 aliphatic carbocycles.